The van der Waals surface area contributed by atoms with E-state index in [1.54, 1.807) is 13.8 Å². The Hall–Kier alpha value is -1.56. The van der Waals surface area contributed by atoms with Crippen LogP contribution in [0.4, 0.5) is 0 Å². The van der Waals surface area contributed by atoms with Gasteiger partial charge in [0.1, 0.15) is 5.75 Å². The van der Waals surface area contributed by atoms with Gasteiger partial charge in [-0.15, -0.1) is 0 Å². The Labute approximate surface area is 119 Å². The zero-order valence-electron chi connectivity index (χ0n) is 11.9. The van der Waals surface area contributed by atoms with E-state index >= 15 is 0 Å². The number of sulfone groups is 1. The third-order valence-corrected chi connectivity index (χ3v) is 6.09. The summed E-state index contributed by atoms with van der Waals surface area (Å²) in [5, 5.41) is 9.45. The molecule has 0 aromatic heterocycles. The van der Waals surface area contributed by atoms with Crippen molar-refractivity contribution in [3.63, 3.8) is 0 Å². The summed E-state index contributed by atoms with van der Waals surface area (Å²) in [6.45, 7) is 3.36. The van der Waals surface area contributed by atoms with Gasteiger partial charge in [-0.3, -0.25) is 4.79 Å². The number of carboxylic acids is 1. The average molecular weight is 300 g/mol. The molecule has 0 bridgehead atoms. The molecular weight excluding hydrogens is 280 g/mol. The number of aliphatic carboxylic acids is 1. The molecule has 1 rings (SSSR count). The van der Waals surface area contributed by atoms with Crippen LogP contribution < -0.4 is 4.74 Å². The lowest BCUT2D eigenvalue weighted by Crippen LogP contribution is -2.45. The largest absolute Gasteiger partial charge is 0.497 e. The van der Waals surface area contributed by atoms with Gasteiger partial charge in [0.2, 0.25) is 0 Å². The lowest BCUT2D eigenvalue weighted by atomic mass is 10.00. The average Bonchev–Trinajstić information content (AvgIpc) is 2.44. The van der Waals surface area contributed by atoms with E-state index in [1.807, 2.05) is 0 Å². The summed E-state index contributed by atoms with van der Waals surface area (Å²) in [6.07, 6.45) is 0.604. The Bertz CT molecular complexity index is 562. The number of carboxylic acid groups (broad SMARTS) is 1. The molecule has 1 unspecified atom stereocenters. The van der Waals surface area contributed by atoms with Crippen LogP contribution in [0.2, 0.25) is 0 Å². The third kappa shape index (κ3) is 2.65. The first-order valence-corrected chi connectivity index (χ1v) is 7.96. The van der Waals surface area contributed by atoms with Crippen molar-refractivity contribution in [2.24, 2.45) is 0 Å². The summed E-state index contributed by atoms with van der Waals surface area (Å²) in [5.74, 6) is -0.769. The lowest BCUT2D eigenvalue weighted by molar-refractivity contribution is -0.140. The van der Waals surface area contributed by atoms with Crippen molar-refractivity contribution < 1.29 is 23.1 Å². The standard InChI is InChI=1S/C14H20O5S/c1-4-10-14(5-2,13(15)16)20(17,18)12-8-6-11(19-3)7-9-12/h6-9H,4-5,10H2,1-3H3,(H,15,16). The Morgan fingerprint density at radius 2 is 1.80 bits per heavy atom. The van der Waals surface area contributed by atoms with Crippen LogP contribution >= 0.6 is 0 Å². The van der Waals surface area contributed by atoms with Crippen LogP contribution in [0.5, 0.6) is 5.75 Å². The summed E-state index contributed by atoms with van der Waals surface area (Å²) in [7, 11) is -2.47. The molecule has 0 heterocycles. The molecule has 0 fully saturated rings. The molecular formula is C14H20O5S. The van der Waals surface area contributed by atoms with Crippen molar-refractivity contribution in [1.29, 1.82) is 0 Å². The van der Waals surface area contributed by atoms with E-state index in [0.717, 1.165) is 0 Å². The number of methoxy groups -OCH3 is 1. The Balaban J connectivity index is 3.39. The van der Waals surface area contributed by atoms with Gasteiger partial charge in [0, 0.05) is 0 Å². The zero-order chi connectivity index (χ0) is 15.4. The zero-order valence-corrected chi connectivity index (χ0v) is 12.7. The van der Waals surface area contributed by atoms with Crippen molar-refractivity contribution >= 4 is 15.8 Å². The van der Waals surface area contributed by atoms with Gasteiger partial charge in [-0.05, 0) is 37.1 Å². The number of hydrogen-bond donors (Lipinski definition) is 1. The van der Waals surface area contributed by atoms with Gasteiger partial charge in [0.25, 0.3) is 0 Å². The Kier molecular flexibility index (Phi) is 5.16. The Morgan fingerprint density at radius 1 is 1.25 bits per heavy atom. The normalized spacial score (nSPS) is 14.6. The smallest absolute Gasteiger partial charge is 0.325 e. The van der Waals surface area contributed by atoms with Gasteiger partial charge in [-0.25, -0.2) is 8.42 Å². The van der Waals surface area contributed by atoms with Crippen molar-refractivity contribution in [2.45, 2.75) is 42.8 Å². The van der Waals surface area contributed by atoms with Gasteiger partial charge in [-0.1, -0.05) is 20.3 Å². The van der Waals surface area contributed by atoms with E-state index in [9.17, 15) is 18.3 Å². The minimum atomic E-state index is -3.95. The van der Waals surface area contributed by atoms with Crippen LogP contribution in [0.25, 0.3) is 0 Å². The third-order valence-electron chi connectivity index (χ3n) is 3.50. The molecule has 1 aromatic rings. The first-order valence-electron chi connectivity index (χ1n) is 6.47. The molecule has 0 aliphatic heterocycles. The predicted octanol–water partition coefficient (Wildman–Crippen LogP) is 2.50. The Morgan fingerprint density at radius 3 is 2.15 bits per heavy atom. The van der Waals surface area contributed by atoms with Gasteiger partial charge in [0.05, 0.1) is 12.0 Å². The summed E-state index contributed by atoms with van der Waals surface area (Å²) < 4.78 is 28.6. The fourth-order valence-corrected chi connectivity index (χ4v) is 4.29. The molecule has 0 radical (unpaired) electrons. The maximum atomic E-state index is 12.7. The second-order valence-corrected chi connectivity index (χ2v) is 6.84. The van der Waals surface area contributed by atoms with Crippen LogP contribution in [0.3, 0.4) is 0 Å². The van der Waals surface area contributed by atoms with E-state index in [-0.39, 0.29) is 17.7 Å². The number of hydrogen-bond acceptors (Lipinski definition) is 4. The molecule has 5 nitrogen and oxygen atoms in total. The second-order valence-electron chi connectivity index (χ2n) is 4.58. The second kappa shape index (κ2) is 6.26. The van der Waals surface area contributed by atoms with Gasteiger partial charge < -0.3 is 9.84 Å². The van der Waals surface area contributed by atoms with Crippen LogP contribution in [0.1, 0.15) is 33.1 Å². The number of benzene rings is 1. The molecule has 0 amide bonds. The number of rotatable bonds is 7. The SMILES string of the molecule is CCCC(CC)(C(=O)O)S(=O)(=O)c1ccc(OC)cc1. The highest BCUT2D eigenvalue weighted by Crippen LogP contribution is 2.34. The maximum Gasteiger partial charge on any atom is 0.325 e. The topological polar surface area (TPSA) is 80.7 Å². The monoisotopic (exact) mass is 300 g/mol. The maximum absolute atomic E-state index is 12.7. The van der Waals surface area contributed by atoms with Gasteiger partial charge in [0.15, 0.2) is 14.6 Å². The van der Waals surface area contributed by atoms with Crippen LogP contribution in [0, 0.1) is 0 Å². The predicted molar refractivity (Wildman–Crippen MR) is 75.7 cm³/mol. The van der Waals surface area contributed by atoms with Gasteiger partial charge >= 0.3 is 5.97 Å². The first kappa shape index (κ1) is 16.5. The minimum absolute atomic E-state index is 0.0102. The molecule has 1 N–H and O–H groups in total. The number of ether oxygens (including phenoxy) is 1. The summed E-state index contributed by atoms with van der Waals surface area (Å²) in [6, 6.07) is 5.80. The highest BCUT2D eigenvalue weighted by atomic mass is 32.2. The lowest BCUT2D eigenvalue weighted by Gasteiger charge is -2.27. The summed E-state index contributed by atoms with van der Waals surface area (Å²) in [4.78, 5) is 11.6. The molecule has 6 heteroatoms. The van der Waals surface area contributed by atoms with Crippen LogP contribution in [-0.4, -0.2) is 31.4 Å². The highest BCUT2D eigenvalue weighted by Gasteiger charge is 2.49. The van der Waals surface area contributed by atoms with Crippen molar-refractivity contribution in [2.75, 3.05) is 7.11 Å². The van der Waals surface area contributed by atoms with Crippen LogP contribution in [-0.2, 0) is 14.6 Å². The quantitative estimate of drug-likeness (QED) is 0.836. The van der Waals surface area contributed by atoms with E-state index < -0.39 is 20.6 Å². The highest BCUT2D eigenvalue weighted by molar-refractivity contribution is 7.93. The van der Waals surface area contributed by atoms with E-state index in [4.69, 9.17) is 4.74 Å². The molecule has 0 saturated heterocycles. The van der Waals surface area contributed by atoms with E-state index in [2.05, 4.69) is 0 Å². The van der Waals surface area contributed by atoms with E-state index in [1.165, 1.54) is 31.4 Å². The van der Waals surface area contributed by atoms with Crippen molar-refractivity contribution in [3.8, 4) is 5.75 Å². The van der Waals surface area contributed by atoms with E-state index in [0.29, 0.717) is 12.2 Å². The van der Waals surface area contributed by atoms with Crippen molar-refractivity contribution in [1.82, 2.24) is 0 Å². The fourth-order valence-electron chi connectivity index (χ4n) is 2.26. The molecule has 20 heavy (non-hydrogen) atoms. The summed E-state index contributed by atoms with van der Waals surface area (Å²) in [5.41, 5.74) is 0. The number of carbonyl (C=O) groups is 1. The minimum Gasteiger partial charge on any atom is -0.497 e. The van der Waals surface area contributed by atoms with Crippen molar-refractivity contribution in [3.05, 3.63) is 24.3 Å². The molecule has 1 aromatic carbocycles. The molecule has 0 spiro atoms. The molecule has 0 saturated carbocycles. The summed E-state index contributed by atoms with van der Waals surface area (Å²) >= 11 is 0. The van der Waals surface area contributed by atoms with Crippen LogP contribution in [0.15, 0.2) is 29.2 Å². The molecule has 112 valence electrons. The molecule has 1 atom stereocenters. The molecule has 0 aliphatic carbocycles. The van der Waals surface area contributed by atoms with Gasteiger partial charge in [-0.2, -0.15) is 0 Å². The first-order chi connectivity index (χ1) is 9.35. The molecule has 0 aliphatic rings. The fraction of sp³-hybridized carbons (Fsp3) is 0.500.